The number of hydrogen-bond acceptors (Lipinski definition) is 28. The number of ether oxygens (including phenoxy) is 12. The number of hydrazine groups is 1. The smallest absolute Gasteiger partial charge is 0.310 e. The van der Waals surface area contributed by atoms with Crippen LogP contribution in [0.15, 0.2) is 34.9 Å². The minimum Gasteiger partial charge on any atom is -0.492 e. The summed E-state index contributed by atoms with van der Waals surface area (Å²) in [5.41, 5.74) is 3.58. The van der Waals surface area contributed by atoms with Gasteiger partial charge in [-0.25, -0.2) is 5.84 Å². The molecule has 4 saturated heterocycles. The maximum Gasteiger partial charge on any atom is 0.310 e. The number of Topliss-reactive ketones (excluding diaryl/α,β-unsaturated/α-hetero) is 1. The van der Waals surface area contributed by atoms with Crippen LogP contribution in [-0.4, -0.2) is 223 Å². The number of amides is 1. The van der Waals surface area contributed by atoms with Gasteiger partial charge in [0.15, 0.2) is 41.8 Å². The predicted molar refractivity (Wildman–Crippen MR) is 338 cm³/mol. The number of allylic oxidation sites excluding steroid dienone is 2. The molecule has 4 fully saturated rings. The van der Waals surface area contributed by atoms with Crippen molar-refractivity contribution in [1.82, 2.24) is 16.2 Å². The number of nitrogens with one attached hydrogen (secondary N) is 3. The van der Waals surface area contributed by atoms with Gasteiger partial charge < -0.3 is 87.7 Å². The molecule has 0 spiro atoms. The molecule has 10 N–H and O–H groups in total. The molecule has 0 saturated carbocycles. The molecule has 7 rings (SSSR count). The van der Waals surface area contributed by atoms with Gasteiger partial charge in [-0.05, 0) is 88.4 Å². The van der Waals surface area contributed by atoms with Crippen molar-refractivity contribution in [3.05, 3.63) is 49.6 Å². The largest absolute Gasteiger partial charge is 0.492 e. The van der Waals surface area contributed by atoms with E-state index in [1.54, 1.807) is 40.9 Å². The molecule has 1 aromatic rings. The Morgan fingerprint density at radius 2 is 1.60 bits per heavy atom. The van der Waals surface area contributed by atoms with E-state index in [9.17, 15) is 44.7 Å². The number of carbonyl (C=O) groups is 4. The summed E-state index contributed by atoms with van der Waals surface area (Å²) in [5.74, 6) is 15.5. The van der Waals surface area contributed by atoms with Crippen LogP contribution in [0.1, 0.15) is 89.6 Å². The molecule has 1 amide bonds. The number of hydrogen-bond donors (Lipinski definition) is 9. The number of thioether (sulfide) groups is 1. The van der Waals surface area contributed by atoms with E-state index in [4.69, 9.17) is 67.5 Å². The Morgan fingerprint density at radius 1 is 0.889 bits per heavy atom. The predicted octanol–water partition coefficient (Wildman–Crippen LogP) is 2.33. The molecular formula is C60H83IN4O22S3. The summed E-state index contributed by atoms with van der Waals surface area (Å²) >= 11 is 2.81. The van der Waals surface area contributed by atoms with Crippen molar-refractivity contribution in [3.63, 3.8) is 0 Å². The number of fused-ring (bicyclic) bond motifs is 2. The molecule has 90 heavy (non-hydrogen) atoms. The Kier molecular flexibility index (Phi) is 27.2. The summed E-state index contributed by atoms with van der Waals surface area (Å²) in [7, 11) is 9.55. The maximum atomic E-state index is 14.5. The average Bonchev–Trinajstić information content (AvgIpc) is 0.918. The maximum absolute atomic E-state index is 14.5. The number of rotatable bonds is 25. The van der Waals surface area contributed by atoms with Gasteiger partial charge in [-0.3, -0.25) is 29.4 Å². The molecule has 0 aromatic heterocycles. The van der Waals surface area contributed by atoms with E-state index < -0.39 is 144 Å². The summed E-state index contributed by atoms with van der Waals surface area (Å²) < 4.78 is 72.3. The number of likely N-dealkylation sites (N-methyl/N-ethyl adjacent to an activating group) is 1. The second kappa shape index (κ2) is 33.1. The number of esters is 1. The normalized spacial score (nSPS) is 34.5. The highest BCUT2D eigenvalue weighted by atomic mass is 127. The van der Waals surface area contributed by atoms with Gasteiger partial charge in [-0.15, -0.1) is 0 Å². The van der Waals surface area contributed by atoms with Crippen LogP contribution in [0.5, 0.6) is 17.2 Å². The van der Waals surface area contributed by atoms with Gasteiger partial charge >= 0.3 is 5.97 Å². The van der Waals surface area contributed by atoms with Crippen LogP contribution in [0.25, 0.3) is 0 Å². The molecule has 2 bridgehead atoms. The SMILES string of the molecule is CCN[C@H]1CO[C@@H](O[C@H]2[C@H](O[C@H]3C#C/C=C\C#C[C@]4(O)CC(=O)C(CC(=O)OC)=C3/C4=C\CSSC(C)(C)CC(=O)NN)O[C@H](C)[C@@H](NO[C@H]3C[C@H](O)[C@H](SC(=O)c4c(C)c(I)c(O[C@@H]5O[C@@H](C)[C@H](O)[C@@H](OC)[C@H]5O)c(OC)c4OC)[C@@H](C)O3)[C@@H]2O)C[C@@H]1OC. The first-order chi connectivity index (χ1) is 42.8. The highest BCUT2D eigenvalue weighted by Crippen LogP contribution is 2.49. The van der Waals surface area contributed by atoms with Crippen LogP contribution in [0, 0.1) is 34.2 Å². The number of methoxy groups -OCH3 is 5. The number of benzene rings is 1. The Hall–Kier alpha value is -3.66. The summed E-state index contributed by atoms with van der Waals surface area (Å²) in [6.07, 6.45) is -13.6. The van der Waals surface area contributed by atoms with E-state index in [0.717, 1.165) is 11.8 Å². The number of aliphatic hydroxyl groups is 5. The number of carbonyl (C=O) groups excluding carboxylic acids is 4. The van der Waals surface area contributed by atoms with Crippen molar-refractivity contribution >= 4 is 78.7 Å². The van der Waals surface area contributed by atoms with E-state index in [-0.39, 0.29) is 83.1 Å². The van der Waals surface area contributed by atoms with Gasteiger partial charge in [-0.1, -0.05) is 70.0 Å². The lowest BCUT2D eigenvalue weighted by Gasteiger charge is -2.46. The third-order valence-corrected chi connectivity index (χ3v) is 21.7. The van der Waals surface area contributed by atoms with Crippen LogP contribution in [0.3, 0.4) is 0 Å². The zero-order chi connectivity index (χ0) is 65.9. The monoisotopic (exact) mass is 1430 g/mol. The van der Waals surface area contributed by atoms with Gasteiger partial charge in [0.2, 0.25) is 23.1 Å². The minimum atomic E-state index is -2.12. The Labute approximate surface area is 549 Å². The molecule has 0 radical (unpaired) electrons. The van der Waals surface area contributed by atoms with E-state index in [1.165, 1.54) is 62.2 Å². The lowest BCUT2D eigenvalue weighted by atomic mass is 9.72. The van der Waals surface area contributed by atoms with E-state index in [0.29, 0.717) is 15.7 Å². The second-order valence-corrected chi connectivity index (χ2v) is 27.9. The van der Waals surface area contributed by atoms with Crippen molar-refractivity contribution in [2.45, 2.75) is 201 Å². The number of hydroxylamine groups is 1. The first-order valence-corrected chi connectivity index (χ1v) is 33.4. The number of halogens is 1. The molecular weight excluding hydrogens is 1350 g/mol. The van der Waals surface area contributed by atoms with Gasteiger partial charge in [0, 0.05) is 60.7 Å². The van der Waals surface area contributed by atoms with Crippen LogP contribution in [0.2, 0.25) is 0 Å². The molecule has 4 aliphatic heterocycles. The second-order valence-electron chi connectivity index (χ2n) is 22.7. The molecule has 2 aliphatic carbocycles. The average molecular weight is 1440 g/mol. The van der Waals surface area contributed by atoms with Gasteiger partial charge in [-0.2, -0.15) is 5.48 Å². The van der Waals surface area contributed by atoms with Gasteiger partial charge in [0.25, 0.3) is 0 Å². The summed E-state index contributed by atoms with van der Waals surface area (Å²) in [4.78, 5) is 60.3. The zero-order valence-electron chi connectivity index (χ0n) is 52.1. The van der Waals surface area contributed by atoms with Crippen LogP contribution in [-0.2, 0) is 61.9 Å². The van der Waals surface area contributed by atoms with Gasteiger partial charge in [0.05, 0.1) is 97.8 Å². The molecule has 26 nitrogen and oxygen atoms in total. The molecule has 4 heterocycles. The van der Waals surface area contributed by atoms with Crippen molar-refractivity contribution in [2.24, 2.45) is 5.84 Å². The molecule has 30 heteroatoms. The van der Waals surface area contributed by atoms with Crippen molar-refractivity contribution in [3.8, 4) is 40.9 Å². The quantitative estimate of drug-likeness (QED) is 0.00991. The summed E-state index contributed by atoms with van der Waals surface area (Å²) in [5, 5.41) is 60.5. The Balaban J connectivity index is 1.13. The lowest BCUT2D eigenvalue weighted by molar-refractivity contribution is -0.336. The van der Waals surface area contributed by atoms with Gasteiger partial charge in [0.1, 0.15) is 36.6 Å². The zero-order valence-corrected chi connectivity index (χ0v) is 56.7. The molecule has 19 atom stereocenters. The van der Waals surface area contributed by atoms with E-state index in [2.05, 4.69) is 39.9 Å². The Morgan fingerprint density at radius 3 is 2.26 bits per heavy atom. The lowest BCUT2D eigenvalue weighted by Crippen LogP contribution is -2.65. The fourth-order valence-electron chi connectivity index (χ4n) is 11.3. The Bertz CT molecular complexity index is 2940. The third kappa shape index (κ3) is 17.4. The standard InChI is InChI=1S/C60H83IN4O22S3/c1-13-63-34-27-80-41(24-38(34)75-8)85-53-48(71)46(29(3)82-58(53)84-37-18-16-14-15-17-20-60(74)25-36(67)32(22-40(69)76-9)44(37)33(60)19-21-88-90-59(6,7)26-39(68)64-62)65-87-42-23-35(66)55(31(5)81-42)89-56(73)43-28(2)45(61)51(54(79-12)50(43)77-10)86-57-49(72)52(78-11)47(70)30(4)83-57/h14-15,19,29-31,34-35,37-38,41-42,46-49,52-53,55,57-58,63,65-66,70-72,74H,13,21-27,62H2,1-12H3,(H,64,68)/b15-14-,33-19+/t29-,30+,31-,34+,35+,37+,38+,41+,42+,46-,47+,48+,49-,52-,53-,55-,57+,58+,60+/m1/s1. The topological polar surface area (TPSA) is 352 Å². The molecule has 1 aromatic carbocycles. The molecule has 6 aliphatic rings. The van der Waals surface area contributed by atoms with E-state index >= 15 is 0 Å². The van der Waals surface area contributed by atoms with Crippen LogP contribution < -0.4 is 36.3 Å². The number of ketones is 1. The summed E-state index contributed by atoms with van der Waals surface area (Å²) in [6.45, 7) is 13.1. The van der Waals surface area contributed by atoms with E-state index in [1.807, 2.05) is 43.4 Å². The number of nitrogens with two attached hydrogens (primary N) is 1. The van der Waals surface area contributed by atoms with Crippen LogP contribution in [0.4, 0.5) is 0 Å². The minimum absolute atomic E-state index is 0.0179. The molecule has 500 valence electrons. The fourth-order valence-corrected chi connectivity index (χ4v) is 15.4. The van der Waals surface area contributed by atoms with Crippen LogP contribution >= 0.6 is 55.9 Å². The highest BCUT2D eigenvalue weighted by molar-refractivity contribution is 14.1. The summed E-state index contributed by atoms with van der Waals surface area (Å²) in [6, 6.07) is -1.31. The van der Waals surface area contributed by atoms with Crippen molar-refractivity contribution in [2.75, 3.05) is 54.5 Å². The molecule has 0 unspecified atom stereocenters. The fraction of sp³-hybridized carbons (Fsp3) is 0.667. The first-order valence-electron chi connectivity index (χ1n) is 29.2. The third-order valence-electron chi connectivity index (χ3n) is 15.9. The first kappa shape index (κ1) is 73.7. The number of aliphatic hydroxyl groups excluding tert-OH is 4. The van der Waals surface area contributed by atoms with Crippen molar-refractivity contribution in [1.29, 1.82) is 0 Å². The van der Waals surface area contributed by atoms with Crippen molar-refractivity contribution < 1.29 is 106 Å². The highest BCUT2D eigenvalue weighted by Gasteiger charge is 2.52.